The lowest BCUT2D eigenvalue weighted by Gasteiger charge is -2.13. The Morgan fingerprint density at radius 2 is 1.92 bits per heavy atom. The summed E-state index contributed by atoms with van der Waals surface area (Å²) in [6.07, 6.45) is 3.28. The lowest BCUT2D eigenvalue weighted by Crippen LogP contribution is -2.23. The summed E-state index contributed by atoms with van der Waals surface area (Å²) in [4.78, 5) is 17.7. The number of para-hydroxylation sites is 1. The van der Waals surface area contributed by atoms with Crippen LogP contribution in [0.5, 0.6) is 0 Å². The molecule has 25 heavy (non-hydrogen) atoms. The minimum atomic E-state index is 0.0773. The Hall–Kier alpha value is -2.07. The first-order chi connectivity index (χ1) is 12.2. The van der Waals surface area contributed by atoms with Crippen molar-refractivity contribution in [1.29, 1.82) is 0 Å². The molecule has 0 bridgehead atoms. The molecule has 0 fully saturated rings. The van der Waals surface area contributed by atoms with Gasteiger partial charge in [0.05, 0.1) is 10.9 Å². The zero-order chi connectivity index (χ0) is 17.6. The minimum absolute atomic E-state index is 0.0773. The Kier molecular flexibility index (Phi) is 5.92. The molecular weight excluding hydrogens is 328 g/mol. The third-order valence-electron chi connectivity index (χ3n) is 4.26. The largest absolute Gasteiger partial charge is 0.287 e. The zero-order valence-corrected chi connectivity index (χ0v) is 15.7. The highest BCUT2D eigenvalue weighted by Crippen LogP contribution is 2.23. The van der Waals surface area contributed by atoms with Crippen molar-refractivity contribution in [3.05, 3.63) is 70.0 Å². The van der Waals surface area contributed by atoms with E-state index in [2.05, 4.69) is 38.1 Å². The maximum Gasteiger partial charge on any atom is 0.262 e. The number of fused-ring (bicyclic) bond motifs is 1. The van der Waals surface area contributed by atoms with E-state index in [-0.39, 0.29) is 5.56 Å². The summed E-state index contributed by atoms with van der Waals surface area (Å²) >= 11 is 1.65. The summed E-state index contributed by atoms with van der Waals surface area (Å²) < 4.78 is 1.86. The molecule has 0 N–H and O–H groups in total. The van der Waals surface area contributed by atoms with Crippen molar-refractivity contribution < 1.29 is 0 Å². The second kappa shape index (κ2) is 8.34. The van der Waals surface area contributed by atoms with Gasteiger partial charge in [-0.3, -0.25) is 9.36 Å². The average molecular weight is 353 g/mol. The van der Waals surface area contributed by atoms with E-state index in [0.717, 1.165) is 42.2 Å². The van der Waals surface area contributed by atoms with Crippen molar-refractivity contribution in [3.63, 3.8) is 0 Å². The predicted octanol–water partition coefficient (Wildman–Crippen LogP) is 5.19. The van der Waals surface area contributed by atoms with E-state index in [1.165, 1.54) is 11.1 Å². The van der Waals surface area contributed by atoms with Crippen LogP contribution in [-0.2, 0) is 12.3 Å². The van der Waals surface area contributed by atoms with Gasteiger partial charge in [-0.25, -0.2) is 4.98 Å². The van der Waals surface area contributed by atoms with Gasteiger partial charge in [0.15, 0.2) is 5.16 Å². The van der Waals surface area contributed by atoms with Crippen molar-refractivity contribution in [1.82, 2.24) is 9.55 Å². The number of aromatic nitrogens is 2. The third kappa shape index (κ3) is 4.31. The van der Waals surface area contributed by atoms with Gasteiger partial charge >= 0.3 is 0 Å². The van der Waals surface area contributed by atoms with Crippen molar-refractivity contribution in [2.45, 2.75) is 50.6 Å². The molecular formula is C21H24N2OS. The Morgan fingerprint density at radius 3 is 2.72 bits per heavy atom. The highest BCUT2D eigenvalue weighted by Gasteiger charge is 2.11. The summed E-state index contributed by atoms with van der Waals surface area (Å²) in [5, 5.41) is 1.53. The predicted molar refractivity (Wildman–Crippen MR) is 106 cm³/mol. The van der Waals surface area contributed by atoms with Crippen LogP contribution in [-0.4, -0.2) is 9.55 Å². The van der Waals surface area contributed by atoms with E-state index in [1.54, 1.807) is 11.8 Å². The fraction of sp³-hybridized carbons (Fsp3) is 0.333. The minimum Gasteiger partial charge on any atom is -0.287 e. The van der Waals surface area contributed by atoms with E-state index in [1.807, 2.05) is 28.8 Å². The number of thioether (sulfide) groups is 1. The first kappa shape index (κ1) is 17.7. The molecule has 3 nitrogen and oxygen atoms in total. The number of hydrogen-bond donors (Lipinski definition) is 0. The first-order valence-electron chi connectivity index (χ1n) is 8.87. The molecule has 4 heteroatoms. The van der Waals surface area contributed by atoms with Crippen molar-refractivity contribution >= 4 is 22.7 Å². The molecule has 1 aromatic heterocycles. The molecule has 0 saturated carbocycles. The van der Waals surface area contributed by atoms with Crippen LogP contribution >= 0.6 is 11.8 Å². The van der Waals surface area contributed by atoms with E-state index in [0.29, 0.717) is 5.39 Å². The molecule has 130 valence electrons. The standard InChI is InChI=1S/C21H24N2OS/c1-3-4-7-13-23-20(24)18-11-5-6-12-19(18)22-21(23)25-15-17-10-8-9-16(2)14-17/h5-6,8-12,14H,3-4,7,13,15H2,1-2H3. The number of nitrogens with zero attached hydrogens (tertiary/aromatic N) is 2. The van der Waals surface area contributed by atoms with Gasteiger partial charge in [0, 0.05) is 12.3 Å². The lowest BCUT2D eigenvalue weighted by molar-refractivity contribution is 0.541. The van der Waals surface area contributed by atoms with E-state index >= 15 is 0 Å². The highest BCUT2D eigenvalue weighted by atomic mass is 32.2. The van der Waals surface area contributed by atoms with Crippen LogP contribution < -0.4 is 5.56 Å². The van der Waals surface area contributed by atoms with Crippen LogP contribution in [0.3, 0.4) is 0 Å². The Morgan fingerprint density at radius 1 is 1.08 bits per heavy atom. The second-order valence-electron chi connectivity index (χ2n) is 6.35. The van der Waals surface area contributed by atoms with Crippen LogP contribution in [0.2, 0.25) is 0 Å². The molecule has 0 unspecified atom stereocenters. The van der Waals surface area contributed by atoms with Crippen LogP contribution in [0, 0.1) is 6.92 Å². The smallest absolute Gasteiger partial charge is 0.262 e. The van der Waals surface area contributed by atoms with Gasteiger partial charge < -0.3 is 0 Å². The van der Waals surface area contributed by atoms with Gasteiger partial charge in [-0.05, 0) is 31.0 Å². The molecule has 0 aliphatic carbocycles. The third-order valence-corrected chi connectivity index (χ3v) is 5.31. The molecule has 2 aromatic carbocycles. The van der Waals surface area contributed by atoms with Gasteiger partial charge in [-0.1, -0.05) is 73.5 Å². The summed E-state index contributed by atoms with van der Waals surface area (Å²) in [6.45, 7) is 5.01. The topological polar surface area (TPSA) is 34.9 Å². The van der Waals surface area contributed by atoms with Crippen molar-refractivity contribution in [2.24, 2.45) is 0 Å². The number of unbranched alkanes of at least 4 members (excludes halogenated alkanes) is 2. The molecule has 1 heterocycles. The number of benzene rings is 2. The van der Waals surface area contributed by atoms with Gasteiger partial charge in [-0.2, -0.15) is 0 Å². The lowest BCUT2D eigenvalue weighted by atomic mass is 10.2. The SMILES string of the molecule is CCCCCn1c(SCc2cccc(C)c2)nc2ccccc2c1=O. The molecule has 0 atom stereocenters. The van der Waals surface area contributed by atoms with Gasteiger partial charge in [0.1, 0.15) is 0 Å². The summed E-state index contributed by atoms with van der Waals surface area (Å²) in [5.74, 6) is 0.820. The average Bonchev–Trinajstić information content (AvgIpc) is 2.62. The van der Waals surface area contributed by atoms with E-state index in [9.17, 15) is 4.79 Å². The summed E-state index contributed by atoms with van der Waals surface area (Å²) in [7, 11) is 0. The molecule has 0 radical (unpaired) electrons. The number of rotatable bonds is 7. The first-order valence-corrected chi connectivity index (χ1v) is 9.85. The summed E-state index contributed by atoms with van der Waals surface area (Å²) in [6, 6.07) is 16.1. The van der Waals surface area contributed by atoms with E-state index < -0.39 is 0 Å². The van der Waals surface area contributed by atoms with Crippen molar-refractivity contribution in [3.8, 4) is 0 Å². The van der Waals surface area contributed by atoms with Gasteiger partial charge in [0.2, 0.25) is 0 Å². The van der Waals surface area contributed by atoms with E-state index in [4.69, 9.17) is 4.98 Å². The van der Waals surface area contributed by atoms with Crippen LogP contribution in [0.15, 0.2) is 58.5 Å². The van der Waals surface area contributed by atoms with Crippen molar-refractivity contribution in [2.75, 3.05) is 0 Å². The summed E-state index contributed by atoms with van der Waals surface area (Å²) in [5.41, 5.74) is 3.37. The number of hydrogen-bond acceptors (Lipinski definition) is 3. The molecule has 3 rings (SSSR count). The zero-order valence-electron chi connectivity index (χ0n) is 14.9. The van der Waals surface area contributed by atoms with Crippen LogP contribution in [0.4, 0.5) is 0 Å². The maximum atomic E-state index is 12.9. The van der Waals surface area contributed by atoms with Gasteiger partial charge in [-0.15, -0.1) is 0 Å². The number of aryl methyl sites for hydroxylation is 1. The Bertz CT molecular complexity index is 917. The second-order valence-corrected chi connectivity index (χ2v) is 7.30. The Balaban J connectivity index is 1.93. The fourth-order valence-electron chi connectivity index (χ4n) is 2.92. The molecule has 0 saturated heterocycles. The van der Waals surface area contributed by atoms with Crippen LogP contribution in [0.1, 0.15) is 37.3 Å². The maximum absolute atomic E-state index is 12.9. The molecule has 0 amide bonds. The molecule has 0 spiro atoms. The molecule has 0 aliphatic heterocycles. The normalized spacial score (nSPS) is 11.1. The van der Waals surface area contributed by atoms with Crippen LogP contribution in [0.25, 0.3) is 10.9 Å². The highest BCUT2D eigenvalue weighted by molar-refractivity contribution is 7.98. The van der Waals surface area contributed by atoms with Gasteiger partial charge in [0.25, 0.3) is 5.56 Å². The quantitative estimate of drug-likeness (QED) is 0.333. The molecule has 0 aliphatic rings. The monoisotopic (exact) mass is 352 g/mol. The Labute approximate surface area is 153 Å². The fourth-order valence-corrected chi connectivity index (χ4v) is 3.89. The molecule has 3 aromatic rings.